The molecule has 2 N–H and O–H groups in total. The van der Waals surface area contributed by atoms with Crippen molar-refractivity contribution in [3.8, 4) is 11.5 Å². The van der Waals surface area contributed by atoms with Gasteiger partial charge in [0.15, 0.2) is 11.5 Å². The molecule has 1 heterocycles. The van der Waals surface area contributed by atoms with Gasteiger partial charge in [-0.05, 0) is 57.7 Å². The van der Waals surface area contributed by atoms with Gasteiger partial charge in [-0.2, -0.15) is 0 Å². The molecule has 0 saturated carbocycles. The highest BCUT2D eigenvalue weighted by molar-refractivity contribution is 5.95. The highest BCUT2D eigenvalue weighted by Gasteiger charge is 2.26. The van der Waals surface area contributed by atoms with Gasteiger partial charge in [0.05, 0.1) is 13.2 Å². The van der Waals surface area contributed by atoms with Crippen LogP contribution in [0.3, 0.4) is 0 Å². The minimum atomic E-state index is 0.0529. The Morgan fingerprint density at radius 1 is 1.22 bits per heavy atom. The molecule has 5 nitrogen and oxygen atoms in total. The van der Waals surface area contributed by atoms with E-state index in [-0.39, 0.29) is 11.9 Å². The maximum absolute atomic E-state index is 12.7. The second-order valence-corrected chi connectivity index (χ2v) is 6.02. The first-order valence-electron chi connectivity index (χ1n) is 8.51. The van der Waals surface area contributed by atoms with E-state index in [1.54, 1.807) is 6.07 Å². The van der Waals surface area contributed by atoms with Crippen molar-refractivity contribution in [1.82, 2.24) is 4.90 Å². The van der Waals surface area contributed by atoms with Crippen molar-refractivity contribution in [3.63, 3.8) is 0 Å². The average molecular weight is 320 g/mol. The van der Waals surface area contributed by atoms with Gasteiger partial charge in [0.1, 0.15) is 0 Å². The van der Waals surface area contributed by atoms with Crippen LogP contribution in [0.15, 0.2) is 18.2 Å². The van der Waals surface area contributed by atoms with Crippen LogP contribution in [0.1, 0.15) is 44.0 Å². The summed E-state index contributed by atoms with van der Waals surface area (Å²) in [4.78, 5) is 14.6. The number of rotatable bonds is 6. The van der Waals surface area contributed by atoms with E-state index in [4.69, 9.17) is 15.2 Å². The van der Waals surface area contributed by atoms with Crippen molar-refractivity contribution in [3.05, 3.63) is 23.8 Å². The van der Waals surface area contributed by atoms with Crippen LogP contribution in [0.25, 0.3) is 0 Å². The fourth-order valence-corrected chi connectivity index (χ4v) is 3.00. The molecule has 0 radical (unpaired) electrons. The Bertz CT molecular complexity index is 523. The topological polar surface area (TPSA) is 64.8 Å². The lowest BCUT2D eigenvalue weighted by molar-refractivity contribution is 0.0680. The smallest absolute Gasteiger partial charge is 0.253 e. The Labute approximate surface area is 138 Å². The third kappa shape index (κ3) is 4.38. The average Bonchev–Trinajstić information content (AvgIpc) is 2.56. The highest BCUT2D eigenvalue weighted by atomic mass is 16.5. The number of amides is 1. The van der Waals surface area contributed by atoms with Crippen molar-refractivity contribution in [1.29, 1.82) is 0 Å². The first-order chi connectivity index (χ1) is 11.1. The second kappa shape index (κ2) is 8.20. The summed E-state index contributed by atoms with van der Waals surface area (Å²) in [5, 5.41) is 0. The Morgan fingerprint density at radius 3 is 2.39 bits per heavy atom. The van der Waals surface area contributed by atoms with Gasteiger partial charge in [-0.3, -0.25) is 4.79 Å². The number of hydrogen-bond donors (Lipinski definition) is 1. The quantitative estimate of drug-likeness (QED) is 0.875. The van der Waals surface area contributed by atoms with Crippen LogP contribution < -0.4 is 15.2 Å². The lowest BCUT2D eigenvalue weighted by Gasteiger charge is -2.33. The number of likely N-dealkylation sites (tertiary alicyclic amines) is 1. The van der Waals surface area contributed by atoms with Gasteiger partial charge < -0.3 is 20.1 Å². The zero-order valence-corrected chi connectivity index (χ0v) is 14.4. The lowest BCUT2D eigenvalue weighted by atomic mass is 9.90. The number of carbonyl (C=O) groups is 1. The molecule has 1 aliphatic heterocycles. The molecule has 5 heteroatoms. The molecule has 1 aliphatic rings. The maximum Gasteiger partial charge on any atom is 0.253 e. The van der Waals surface area contributed by atoms with E-state index in [9.17, 15) is 4.79 Å². The summed E-state index contributed by atoms with van der Waals surface area (Å²) in [6.45, 7) is 8.53. The van der Waals surface area contributed by atoms with Crippen LogP contribution in [0, 0.1) is 5.92 Å². The Hall–Kier alpha value is -1.75. The van der Waals surface area contributed by atoms with Gasteiger partial charge in [-0.15, -0.1) is 0 Å². The van der Waals surface area contributed by atoms with Crippen LogP contribution in [0.5, 0.6) is 11.5 Å². The predicted octanol–water partition coefficient (Wildman–Crippen LogP) is 2.68. The van der Waals surface area contributed by atoms with E-state index in [2.05, 4.69) is 0 Å². The Balaban J connectivity index is 2.09. The number of benzene rings is 1. The van der Waals surface area contributed by atoms with Crippen LogP contribution in [-0.2, 0) is 0 Å². The predicted molar refractivity (Wildman–Crippen MR) is 91.1 cm³/mol. The summed E-state index contributed by atoms with van der Waals surface area (Å²) >= 11 is 0. The third-order valence-corrected chi connectivity index (χ3v) is 4.36. The van der Waals surface area contributed by atoms with E-state index in [0.717, 1.165) is 25.9 Å². The highest BCUT2D eigenvalue weighted by Crippen LogP contribution is 2.30. The normalized spacial score (nSPS) is 17.0. The Kier molecular flexibility index (Phi) is 6.28. The minimum Gasteiger partial charge on any atom is -0.490 e. The molecule has 1 amide bonds. The molecule has 1 unspecified atom stereocenters. The van der Waals surface area contributed by atoms with Crippen molar-refractivity contribution < 1.29 is 14.3 Å². The first-order valence-corrected chi connectivity index (χ1v) is 8.51. The van der Waals surface area contributed by atoms with Gasteiger partial charge >= 0.3 is 0 Å². The first kappa shape index (κ1) is 17.6. The van der Waals surface area contributed by atoms with E-state index >= 15 is 0 Å². The molecule has 0 aromatic heterocycles. The number of nitrogens with zero attached hydrogens (tertiary/aromatic N) is 1. The second-order valence-electron chi connectivity index (χ2n) is 6.02. The molecule has 1 atom stereocenters. The summed E-state index contributed by atoms with van der Waals surface area (Å²) in [5.41, 5.74) is 6.61. The monoisotopic (exact) mass is 320 g/mol. The van der Waals surface area contributed by atoms with E-state index in [1.807, 2.05) is 37.8 Å². The van der Waals surface area contributed by atoms with Crippen molar-refractivity contribution in [2.24, 2.45) is 11.7 Å². The SMILES string of the molecule is CCOc1ccc(C(=O)N2CCC(C(C)N)CC2)cc1OCC. The van der Waals surface area contributed by atoms with E-state index in [1.165, 1.54) is 0 Å². The van der Waals surface area contributed by atoms with Crippen molar-refractivity contribution in [2.75, 3.05) is 26.3 Å². The molecule has 0 spiro atoms. The van der Waals surface area contributed by atoms with E-state index < -0.39 is 0 Å². The molecule has 1 aromatic carbocycles. The maximum atomic E-state index is 12.7. The zero-order valence-electron chi connectivity index (χ0n) is 14.4. The largest absolute Gasteiger partial charge is 0.490 e. The molecule has 0 aliphatic carbocycles. The number of ether oxygens (including phenoxy) is 2. The zero-order chi connectivity index (χ0) is 16.8. The number of hydrogen-bond acceptors (Lipinski definition) is 4. The standard InChI is InChI=1S/C18H28N2O3/c1-4-22-16-7-6-15(12-17(16)23-5-2)18(21)20-10-8-14(9-11-20)13(3)19/h6-7,12-14H,4-5,8-11,19H2,1-3H3. The van der Waals surface area contributed by atoms with Gasteiger partial charge in [0, 0.05) is 24.7 Å². The number of piperidine rings is 1. The van der Waals surface area contributed by atoms with Crippen LogP contribution in [0.4, 0.5) is 0 Å². The molecule has 23 heavy (non-hydrogen) atoms. The fourth-order valence-electron chi connectivity index (χ4n) is 3.00. The minimum absolute atomic E-state index is 0.0529. The van der Waals surface area contributed by atoms with Gasteiger partial charge in [-0.25, -0.2) is 0 Å². The molecule has 0 bridgehead atoms. The Morgan fingerprint density at radius 2 is 1.83 bits per heavy atom. The van der Waals surface area contributed by atoms with Gasteiger partial charge in [0.25, 0.3) is 5.91 Å². The lowest BCUT2D eigenvalue weighted by Crippen LogP contribution is -2.42. The number of carbonyl (C=O) groups excluding carboxylic acids is 1. The molecule has 1 aromatic rings. The summed E-state index contributed by atoms with van der Waals surface area (Å²) in [5.74, 6) is 1.88. The molecule has 2 rings (SSSR count). The number of nitrogens with two attached hydrogens (primary N) is 1. The molecular formula is C18H28N2O3. The molecular weight excluding hydrogens is 292 g/mol. The van der Waals surface area contributed by atoms with Crippen molar-refractivity contribution >= 4 is 5.91 Å². The van der Waals surface area contributed by atoms with Crippen LogP contribution in [-0.4, -0.2) is 43.2 Å². The van der Waals surface area contributed by atoms with E-state index in [0.29, 0.717) is 36.2 Å². The van der Waals surface area contributed by atoms with Crippen molar-refractivity contribution in [2.45, 2.75) is 39.7 Å². The molecule has 1 saturated heterocycles. The molecule has 128 valence electrons. The van der Waals surface area contributed by atoms with Gasteiger partial charge in [0.2, 0.25) is 0 Å². The third-order valence-electron chi connectivity index (χ3n) is 4.36. The van der Waals surface area contributed by atoms with Gasteiger partial charge in [-0.1, -0.05) is 0 Å². The summed E-state index contributed by atoms with van der Waals surface area (Å²) in [6.07, 6.45) is 1.94. The summed E-state index contributed by atoms with van der Waals surface area (Å²) in [7, 11) is 0. The summed E-state index contributed by atoms with van der Waals surface area (Å²) < 4.78 is 11.2. The summed E-state index contributed by atoms with van der Waals surface area (Å²) in [6, 6.07) is 5.61. The van der Waals surface area contributed by atoms with Crippen LogP contribution >= 0.6 is 0 Å². The fraction of sp³-hybridized carbons (Fsp3) is 0.611. The molecule has 1 fully saturated rings. The van der Waals surface area contributed by atoms with Crippen LogP contribution in [0.2, 0.25) is 0 Å².